The lowest BCUT2D eigenvalue weighted by Gasteiger charge is -2.19. The highest BCUT2D eigenvalue weighted by molar-refractivity contribution is 9.10. The lowest BCUT2D eigenvalue weighted by Crippen LogP contribution is -2.15. The maximum absolute atomic E-state index is 12.4. The number of benzene rings is 2. The quantitative estimate of drug-likeness (QED) is 0.849. The van der Waals surface area contributed by atoms with Crippen molar-refractivity contribution in [3.8, 4) is 0 Å². The molecule has 1 amide bonds. The second kappa shape index (κ2) is 5.90. The molecule has 0 radical (unpaired) electrons. The van der Waals surface area contributed by atoms with E-state index < -0.39 is 0 Å². The van der Waals surface area contributed by atoms with Crippen molar-refractivity contribution in [3.05, 3.63) is 57.6 Å². The fourth-order valence-corrected chi connectivity index (χ4v) is 3.02. The van der Waals surface area contributed by atoms with Gasteiger partial charge in [-0.25, -0.2) is 0 Å². The van der Waals surface area contributed by atoms with E-state index in [9.17, 15) is 4.79 Å². The lowest BCUT2D eigenvalue weighted by atomic mass is 10.0. The summed E-state index contributed by atoms with van der Waals surface area (Å²) in [6.07, 6.45) is 2.19. The molecule has 0 saturated heterocycles. The van der Waals surface area contributed by atoms with Crippen molar-refractivity contribution in [3.63, 3.8) is 0 Å². The van der Waals surface area contributed by atoms with Crippen LogP contribution in [0.2, 0.25) is 0 Å². The van der Waals surface area contributed by atoms with Crippen molar-refractivity contribution >= 4 is 33.2 Å². The van der Waals surface area contributed by atoms with E-state index in [2.05, 4.69) is 32.6 Å². The van der Waals surface area contributed by atoms with E-state index in [1.165, 1.54) is 11.3 Å². The van der Waals surface area contributed by atoms with Crippen molar-refractivity contribution < 1.29 is 4.79 Å². The van der Waals surface area contributed by atoms with Gasteiger partial charge in [0.05, 0.1) is 5.56 Å². The Kier molecular flexibility index (Phi) is 3.97. The predicted octanol–water partition coefficient (Wildman–Crippen LogP) is 4.37. The van der Waals surface area contributed by atoms with E-state index in [0.29, 0.717) is 5.56 Å². The molecule has 0 aliphatic carbocycles. The standard InChI is InChI=1S/C17H17BrN2O/c1-11-4-2-6-14(16(11)18)17(21)20-13-7-8-15-12(10-13)5-3-9-19-15/h2,4,6-8,10,19H,3,5,9H2,1H3,(H,20,21). The summed E-state index contributed by atoms with van der Waals surface area (Å²) in [5.41, 5.74) is 5.00. The van der Waals surface area contributed by atoms with E-state index in [-0.39, 0.29) is 5.91 Å². The molecule has 1 heterocycles. The molecule has 0 spiro atoms. The van der Waals surface area contributed by atoms with Crippen LogP contribution in [-0.4, -0.2) is 12.5 Å². The summed E-state index contributed by atoms with van der Waals surface area (Å²) in [6.45, 7) is 3.00. The number of hydrogen-bond acceptors (Lipinski definition) is 2. The molecular formula is C17H17BrN2O. The number of fused-ring (bicyclic) bond motifs is 1. The van der Waals surface area contributed by atoms with Crippen LogP contribution in [0.4, 0.5) is 11.4 Å². The third-order valence-electron chi connectivity index (χ3n) is 3.74. The van der Waals surface area contributed by atoms with Gasteiger partial charge in [-0.3, -0.25) is 4.79 Å². The smallest absolute Gasteiger partial charge is 0.256 e. The average molecular weight is 345 g/mol. The van der Waals surface area contributed by atoms with Crippen LogP contribution < -0.4 is 10.6 Å². The lowest BCUT2D eigenvalue weighted by molar-refractivity contribution is 0.102. The first kappa shape index (κ1) is 14.1. The first-order chi connectivity index (χ1) is 10.1. The van der Waals surface area contributed by atoms with E-state index >= 15 is 0 Å². The van der Waals surface area contributed by atoms with Gasteiger partial charge in [0.25, 0.3) is 5.91 Å². The van der Waals surface area contributed by atoms with Crippen molar-refractivity contribution in [2.24, 2.45) is 0 Å². The molecular weight excluding hydrogens is 328 g/mol. The van der Waals surface area contributed by atoms with Crippen LogP contribution in [0.1, 0.15) is 27.9 Å². The van der Waals surface area contributed by atoms with E-state index in [0.717, 1.165) is 35.1 Å². The predicted molar refractivity (Wildman–Crippen MR) is 90.1 cm³/mol. The molecule has 1 aliphatic heterocycles. The second-order valence-corrected chi connectivity index (χ2v) is 6.09. The summed E-state index contributed by atoms with van der Waals surface area (Å²) in [5.74, 6) is -0.0886. The Bertz CT molecular complexity index is 697. The number of halogens is 1. The third-order valence-corrected chi connectivity index (χ3v) is 4.79. The molecule has 0 atom stereocenters. The number of carbonyl (C=O) groups is 1. The zero-order valence-corrected chi connectivity index (χ0v) is 13.5. The molecule has 3 nitrogen and oxygen atoms in total. The van der Waals surface area contributed by atoms with E-state index in [1.807, 2.05) is 37.3 Å². The Morgan fingerprint density at radius 3 is 3.00 bits per heavy atom. The van der Waals surface area contributed by atoms with Crippen LogP contribution in [-0.2, 0) is 6.42 Å². The van der Waals surface area contributed by atoms with Gasteiger partial charge >= 0.3 is 0 Å². The van der Waals surface area contributed by atoms with Crippen LogP contribution in [0.5, 0.6) is 0 Å². The minimum Gasteiger partial charge on any atom is -0.385 e. The number of nitrogens with one attached hydrogen (secondary N) is 2. The van der Waals surface area contributed by atoms with Crippen LogP contribution in [0.3, 0.4) is 0 Å². The Balaban J connectivity index is 1.83. The summed E-state index contributed by atoms with van der Waals surface area (Å²) in [4.78, 5) is 12.4. The van der Waals surface area contributed by atoms with Gasteiger partial charge in [0.1, 0.15) is 0 Å². The number of aryl methyl sites for hydroxylation is 2. The average Bonchev–Trinajstić information content (AvgIpc) is 2.50. The molecule has 0 bridgehead atoms. The number of hydrogen-bond donors (Lipinski definition) is 2. The topological polar surface area (TPSA) is 41.1 Å². The number of anilines is 2. The number of amides is 1. The van der Waals surface area contributed by atoms with Crippen LogP contribution >= 0.6 is 15.9 Å². The molecule has 108 valence electrons. The molecule has 0 unspecified atom stereocenters. The third kappa shape index (κ3) is 2.95. The molecule has 21 heavy (non-hydrogen) atoms. The second-order valence-electron chi connectivity index (χ2n) is 5.29. The Hall–Kier alpha value is -1.81. The molecule has 0 aromatic heterocycles. The largest absolute Gasteiger partial charge is 0.385 e. The first-order valence-electron chi connectivity index (χ1n) is 7.08. The molecule has 2 aromatic carbocycles. The summed E-state index contributed by atoms with van der Waals surface area (Å²) >= 11 is 3.48. The first-order valence-corrected chi connectivity index (χ1v) is 7.88. The SMILES string of the molecule is Cc1cccc(C(=O)Nc2ccc3c(c2)CCCN3)c1Br. The van der Waals surface area contributed by atoms with Gasteiger partial charge in [-0.1, -0.05) is 12.1 Å². The van der Waals surface area contributed by atoms with Gasteiger partial charge in [-0.15, -0.1) is 0 Å². The van der Waals surface area contributed by atoms with E-state index in [4.69, 9.17) is 0 Å². The summed E-state index contributed by atoms with van der Waals surface area (Å²) in [7, 11) is 0. The molecule has 1 aliphatic rings. The maximum atomic E-state index is 12.4. The molecule has 2 N–H and O–H groups in total. The summed E-state index contributed by atoms with van der Waals surface area (Å²) in [6, 6.07) is 11.7. The summed E-state index contributed by atoms with van der Waals surface area (Å²) < 4.78 is 0.849. The van der Waals surface area contributed by atoms with Crippen molar-refractivity contribution in [1.82, 2.24) is 0 Å². The normalized spacial score (nSPS) is 13.2. The fraction of sp³-hybridized carbons (Fsp3) is 0.235. The Morgan fingerprint density at radius 1 is 1.29 bits per heavy atom. The highest BCUT2D eigenvalue weighted by Crippen LogP contribution is 2.26. The zero-order chi connectivity index (χ0) is 14.8. The van der Waals surface area contributed by atoms with Gasteiger partial charge < -0.3 is 10.6 Å². The molecule has 0 saturated carbocycles. The van der Waals surface area contributed by atoms with Gasteiger partial charge in [-0.05, 0) is 71.1 Å². The van der Waals surface area contributed by atoms with Gasteiger partial charge in [0.2, 0.25) is 0 Å². The van der Waals surface area contributed by atoms with Crippen LogP contribution in [0, 0.1) is 6.92 Å². The fourth-order valence-electron chi connectivity index (χ4n) is 2.57. The number of rotatable bonds is 2. The monoisotopic (exact) mass is 344 g/mol. The van der Waals surface area contributed by atoms with Gasteiger partial charge in [0.15, 0.2) is 0 Å². The Morgan fingerprint density at radius 2 is 2.14 bits per heavy atom. The molecule has 3 rings (SSSR count). The van der Waals surface area contributed by atoms with Gasteiger partial charge in [-0.2, -0.15) is 0 Å². The van der Waals surface area contributed by atoms with Crippen LogP contribution in [0.15, 0.2) is 40.9 Å². The zero-order valence-electron chi connectivity index (χ0n) is 11.9. The highest BCUT2D eigenvalue weighted by Gasteiger charge is 2.13. The summed E-state index contributed by atoms with van der Waals surface area (Å²) in [5, 5.41) is 6.35. The van der Waals surface area contributed by atoms with Crippen molar-refractivity contribution in [1.29, 1.82) is 0 Å². The minimum absolute atomic E-state index is 0.0886. The molecule has 0 fully saturated rings. The van der Waals surface area contributed by atoms with Gasteiger partial charge in [0, 0.05) is 22.4 Å². The maximum Gasteiger partial charge on any atom is 0.256 e. The number of carbonyl (C=O) groups excluding carboxylic acids is 1. The highest BCUT2D eigenvalue weighted by atomic mass is 79.9. The van der Waals surface area contributed by atoms with Crippen molar-refractivity contribution in [2.75, 3.05) is 17.2 Å². The van der Waals surface area contributed by atoms with Crippen molar-refractivity contribution in [2.45, 2.75) is 19.8 Å². The molecule has 2 aromatic rings. The molecule has 4 heteroatoms. The van der Waals surface area contributed by atoms with Crippen LogP contribution in [0.25, 0.3) is 0 Å². The van der Waals surface area contributed by atoms with E-state index in [1.54, 1.807) is 0 Å². The minimum atomic E-state index is -0.0886. The Labute approximate surface area is 132 Å².